The Morgan fingerprint density at radius 1 is 0.886 bits per heavy atom. The number of carbonyl (C=O) groups excluding carboxylic acids is 2. The van der Waals surface area contributed by atoms with Crippen LogP contribution >= 0.6 is 0 Å². The van der Waals surface area contributed by atoms with E-state index < -0.39 is 6.04 Å². The van der Waals surface area contributed by atoms with Crippen LogP contribution in [0.15, 0.2) is 6.20 Å². The van der Waals surface area contributed by atoms with Crippen molar-refractivity contribution >= 4 is 11.8 Å². The average molecular weight is 487 g/mol. The van der Waals surface area contributed by atoms with Gasteiger partial charge >= 0.3 is 0 Å². The summed E-state index contributed by atoms with van der Waals surface area (Å²) in [6.45, 7) is 7.00. The lowest BCUT2D eigenvalue weighted by molar-refractivity contribution is -0.123. The summed E-state index contributed by atoms with van der Waals surface area (Å²) in [5.74, 6) is 2.11. The number of carbonyl (C=O) groups is 2. The molecule has 0 radical (unpaired) electrons. The van der Waals surface area contributed by atoms with Gasteiger partial charge in [-0.1, -0.05) is 20.8 Å². The van der Waals surface area contributed by atoms with Crippen LogP contribution in [0.2, 0.25) is 0 Å². The van der Waals surface area contributed by atoms with Gasteiger partial charge in [0, 0.05) is 18.6 Å². The first kappa shape index (κ1) is 27.5. The van der Waals surface area contributed by atoms with E-state index in [4.69, 9.17) is 11.5 Å². The molecule has 6 N–H and O–H groups in total. The van der Waals surface area contributed by atoms with E-state index in [2.05, 4.69) is 41.4 Å². The van der Waals surface area contributed by atoms with Gasteiger partial charge in [-0.2, -0.15) is 0 Å². The van der Waals surface area contributed by atoms with Crippen molar-refractivity contribution in [1.82, 2.24) is 20.6 Å². The maximum absolute atomic E-state index is 12.3. The van der Waals surface area contributed by atoms with Crippen LogP contribution in [0.25, 0.3) is 0 Å². The highest BCUT2D eigenvalue weighted by Gasteiger charge is 2.24. The van der Waals surface area contributed by atoms with E-state index in [1.807, 2.05) is 0 Å². The molecule has 1 aromatic rings. The maximum Gasteiger partial charge on any atom is 0.271 e. The van der Waals surface area contributed by atoms with Crippen molar-refractivity contribution in [2.45, 2.75) is 110 Å². The van der Waals surface area contributed by atoms with Gasteiger partial charge in [-0.15, -0.1) is 0 Å². The van der Waals surface area contributed by atoms with Gasteiger partial charge in [-0.05, 0) is 88.4 Å². The minimum Gasteiger partial charge on any atom is -0.352 e. The molecular weight excluding hydrogens is 440 g/mol. The number of hydrogen-bond acceptors (Lipinski definition) is 6. The molecule has 8 heteroatoms. The topological polar surface area (TPSA) is 136 Å². The van der Waals surface area contributed by atoms with Crippen LogP contribution in [0, 0.1) is 17.8 Å². The standard InChI is InChI=1S/C17H25N3O.C10H21N3O/c1-11-3-6-13(7-4-11)19-17(21)16-10-18-15-9-12(2)5-8-14(15)20-16;1-7-2-4-8(5-3-7)13-10(14)9(12)6-11/h10-13H,3-9H2,1-2H3,(H,19,21);7-9H,2-6,11-12H2,1H3,(H,13,14). The van der Waals surface area contributed by atoms with Gasteiger partial charge in [-0.3, -0.25) is 14.6 Å². The lowest BCUT2D eigenvalue weighted by Crippen LogP contribution is -2.49. The number of nitrogens with one attached hydrogen (secondary N) is 2. The predicted molar refractivity (Wildman–Crippen MR) is 139 cm³/mol. The number of nitrogens with two attached hydrogens (primary N) is 2. The lowest BCUT2D eigenvalue weighted by Gasteiger charge is -2.27. The monoisotopic (exact) mass is 486 g/mol. The fourth-order valence-corrected chi connectivity index (χ4v) is 5.23. The summed E-state index contributed by atoms with van der Waals surface area (Å²) in [4.78, 5) is 32.8. The second kappa shape index (κ2) is 13.3. The van der Waals surface area contributed by atoms with E-state index in [1.54, 1.807) is 6.20 Å². The van der Waals surface area contributed by atoms with Gasteiger partial charge in [0.25, 0.3) is 5.91 Å². The van der Waals surface area contributed by atoms with Crippen LogP contribution < -0.4 is 22.1 Å². The van der Waals surface area contributed by atoms with Crippen LogP contribution in [0.3, 0.4) is 0 Å². The molecule has 3 aliphatic rings. The molecule has 0 aromatic carbocycles. The number of aryl methyl sites for hydroxylation is 1. The third-order valence-electron chi connectivity index (χ3n) is 7.88. The highest BCUT2D eigenvalue weighted by Crippen LogP contribution is 2.25. The molecule has 1 heterocycles. The molecule has 196 valence electrons. The van der Waals surface area contributed by atoms with E-state index in [0.717, 1.165) is 68.2 Å². The summed E-state index contributed by atoms with van der Waals surface area (Å²) in [5, 5.41) is 6.08. The SMILES string of the molecule is CC1CCC(NC(=O)C(N)CN)CC1.CC1CCC(NC(=O)c2cnc3c(n2)CCC(C)C3)CC1. The molecule has 2 amide bonds. The largest absolute Gasteiger partial charge is 0.352 e. The van der Waals surface area contributed by atoms with Gasteiger partial charge in [0.1, 0.15) is 5.69 Å². The van der Waals surface area contributed by atoms with E-state index >= 15 is 0 Å². The molecule has 35 heavy (non-hydrogen) atoms. The Balaban J connectivity index is 0.000000214. The minimum atomic E-state index is -0.547. The molecule has 2 atom stereocenters. The number of aromatic nitrogens is 2. The average Bonchev–Trinajstić information content (AvgIpc) is 2.86. The molecule has 1 aromatic heterocycles. The molecule has 8 nitrogen and oxygen atoms in total. The summed E-state index contributed by atoms with van der Waals surface area (Å²) in [6, 6.07) is 0.0807. The van der Waals surface area contributed by atoms with E-state index in [9.17, 15) is 9.59 Å². The van der Waals surface area contributed by atoms with Crippen molar-refractivity contribution in [2.24, 2.45) is 29.2 Å². The molecule has 4 rings (SSSR count). The van der Waals surface area contributed by atoms with Gasteiger partial charge < -0.3 is 22.1 Å². The van der Waals surface area contributed by atoms with Crippen LogP contribution in [0.1, 0.15) is 100 Å². The Kier molecular flexibility index (Phi) is 10.5. The summed E-state index contributed by atoms with van der Waals surface area (Å²) >= 11 is 0. The van der Waals surface area contributed by atoms with Crippen LogP contribution in [0.5, 0.6) is 0 Å². The molecule has 2 unspecified atom stereocenters. The van der Waals surface area contributed by atoms with Gasteiger partial charge in [0.2, 0.25) is 5.91 Å². The molecule has 0 aliphatic heterocycles. The molecule has 2 fully saturated rings. The molecular formula is C27H46N6O2. The van der Waals surface area contributed by atoms with Crippen LogP contribution in [0.4, 0.5) is 0 Å². The van der Waals surface area contributed by atoms with Crippen molar-refractivity contribution < 1.29 is 9.59 Å². The fourth-order valence-electron chi connectivity index (χ4n) is 5.23. The van der Waals surface area contributed by atoms with Gasteiger partial charge in [-0.25, -0.2) is 4.98 Å². The Hall–Kier alpha value is -2.06. The maximum atomic E-state index is 12.3. The van der Waals surface area contributed by atoms with E-state index in [1.165, 1.54) is 25.7 Å². The van der Waals surface area contributed by atoms with Crippen LogP contribution in [-0.2, 0) is 17.6 Å². The molecule has 2 saturated carbocycles. The molecule has 3 aliphatic carbocycles. The highest BCUT2D eigenvalue weighted by atomic mass is 16.2. The van der Waals surface area contributed by atoms with E-state index in [-0.39, 0.29) is 18.4 Å². The second-order valence-corrected chi connectivity index (χ2v) is 11.2. The van der Waals surface area contributed by atoms with Crippen molar-refractivity contribution in [1.29, 1.82) is 0 Å². The first-order valence-electron chi connectivity index (χ1n) is 13.7. The zero-order chi connectivity index (χ0) is 25.4. The summed E-state index contributed by atoms with van der Waals surface area (Å²) in [5.41, 5.74) is 13.4. The number of rotatable bonds is 5. The molecule has 0 saturated heterocycles. The fraction of sp³-hybridized carbons (Fsp3) is 0.778. The number of fused-ring (bicyclic) bond motifs is 1. The normalized spacial score (nSPS) is 29.1. The van der Waals surface area contributed by atoms with E-state index in [0.29, 0.717) is 23.7 Å². The number of nitrogens with zero attached hydrogens (tertiary/aromatic N) is 2. The molecule has 0 spiro atoms. The zero-order valence-electron chi connectivity index (χ0n) is 21.9. The quantitative estimate of drug-likeness (QED) is 0.505. The van der Waals surface area contributed by atoms with Crippen molar-refractivity contribution in [2.75, 3.05) is 6.54 Å². The first-order valence-corrected chi connectivity index (χ1v) is 13.7. The zero-order valence-corrected chi connectivity index (χ0v) is 21.9. The smallest absolute Gasteiger partial charge is 0.271 e. The van der Waals surface area contributed by atoms with Crippen molar-refractivity contribution in [3.63, 3.8) is 0 Å². The van der Waals surface area contributed by atoms with Gasteiger partial charge in [0.15, 0.2) is 0 Å². The number of hydrogen-bond donors (Lipinski definition) is 4. The number of amides is 2. The van der Waals surface area contributed by atoms with Crippen LogP contribution in [-0.4, -0.2) is 46.5 Å². The highest BCUT2D eigenvalue weighted by molar-refractivity contribution is 5.92. The Labute approximate surface area is 210 Å². The minimum absolute atomic E-state index is 0.0523. The Morgan fingerprint density at radius 2 is 1.46 bits per heavy atom. The second-order valence-electron chi connectivity index (χ2n) is 11.2. The summed E-state index contributed by atoms with van der Waals surface area (Å²) < 4.78 is 0. The predicted octanol–water partition coefficient (Wildman–Crippen LogP) is 2.88. The first-order chi connectivity index (χ1) is 16.7. The Morgan fingerprint density at radius 3 is 2.03 bits per heavy atom. The third kappa shape index (κ3) is 8.53. The van der Waals surface area contributed by atoms with Crippen molar-refractivity contribution in [3.05, 3.63) is 23.3 Å². The third-order valence-corrected chi connectivity index (χ3v) is 7.88. The van der Waals surface area contributed by atoms with Crippen molar-refractivity contribution in [3.8, 4) is 0 Å². The summed E-state index contributed by atoms with van der Waals surface area (Å²) in [7, 11) is 0. The Bertz CT molecular complexity index is 831. The molecule has 0 bridgehead atoms. The summed E-state index contributed by atoms with van der Waals surface area (Å²) in [6.07, 6.45) is 13.9. The lowest BCUT2D eigenvalue weighted by atomic mass is 9.87. The van der Waals surface area contributed by atoms with Gasteiger partial charge in [0.05, 0.1) is 23.6 Å².